The highest BCUT2D eigenvalue weighted by molar-refractivity contribution is 5.92. The number of carbonyl (C=O) groups excluding carboxylic acids is 1. The second-order valence-electron chi connectivity index (χ2n) is 5.78. The number of likely N-dealkylation sites (tertiary alicyclic amines) is 1. The summed E-state index contributed by atoms with van der Waals surface area (Å²) >= 11 is 0. The molecular formula is C16H20FN3O3. The van der Waals surface area contributed by atoms with Gasteiger partial charge in [-0.05, 0) is 51.2 Å². The van der Waals surface area contributed by atoms with Crippen LogP contribution in [-0.2, 0) is 4.79 Å². The largest absolute Gasteiger partial charge is 0.339 e. The van der Waals surface area contributed by atoms with E-state index in [1.165, 1.54) is 18.2 Å². The molecule has 1 amide bonds. The fraction of sp³-hybridized carbons (Fsp3) is 0.438. The Morgan fingerprint density at radius 1 is 1.43 bits per heavy atom. The molecule has 0 saturated carbocycles. The lowest BCUT2D eigenvalue weighted by Crippen LogP contribution is -2.43. The van der Waals surface area contributed by atoms with Gasteiger partial charge in [0.05, 0.1) is 16.6 Å². The fourth-order valence-electron chi connectivity index (χ4n) is 2.66. The summed E-state index contributed by atoms with van der Waals surface area (Å²) in [6.07, 6.45) is 4.48. The van der Waals surface area contributed by atoms with Crippen LogP contribution in [0.3, 0.4) is 0 Å². The number of nitro groups is 1. The van der Waals surface area contributed by atoms with Crippen molar-refractivity contribution < 1.29 is 14.1 Å². The van der Waals surface area contributed by atoms with E-state index in [1.54, 1.807) is 11.9 Å². The lowest BCUT2D eigenvalue weighted by Gasteiger charge is -2.34. The summed E-state index contributed by atoms with van der Waals surface area (Å²) in [5.41, 5.74) is -0.141. The molecule has 0 bridgehead atoms. The van der Waals surface area contributed by atoms with Gasteiger partial charge in [-0.25, -0.2) is 4.39 Å². The van der Waals surface area contributed by atoms with Crippen molar-refractivity contribution in [2.75, 3.05) is 27.2 Å². The highest BCUT2D eigenvalue weighted by Gasteiger charge is 2.23. The lowest BCUT2D eigenvalue weighted by molar-refractivity contribution is -0.385. The Kier molecular flexibility index (Phi) is 5.44. The summed E-state index contributed by atoms with van der Waals surface area (Å²) in [5, 5.41) is 10.9. The topological polar surface area (TPSA) is 66.7 Å². The Balaban J connectivity index is 2.07. The Morgan fingerprint density at radius 3 is 2.70 bits per heavy atom. The molecule has 23 heavy (non-hydrogen) atoms. The molecule has 0 aromatic heterocycles. The van der Waals surface area contributed by atoms with E-state index in [-0.39, 0.29) is 23.2 Å². The van der Waals surface area contributed by atoms with Crippen molar-refractivity contribution in [3.8, 4) is 0 Å². The molecule has 0 spiro atoms. The second kappa shape index (κ2) is 7.32. The number of rotatable bonds is 4. The summed E-state index contributed by atoms with van der Waals surface area (Å²) in [6, 6.07) is 3.46. The van der Waals surface area contributed by atoms with Crippen molar-refractivity contribution in [2.45, 2.75) is 18.9 Å². The number of nitrogens with zero attached hydrogens (tertiary/aromatic N) is 3. The van der Waals surface area contributed by atoms with Gasteiger partial charge in [0.15, 0.2) is 0 Å². The molecular weight excluding hydrogens is 301 g/mol. The maximum atomic E-state index is 13.1. The first kappa shape index (κ1) is 17.1. The zero-order valence-electron chi connectivity index (χ0n) is 13.2. The first-order valence-electron chi connectivity index (χ1n) is 7.46. The fourth-order valence-corrected chi connectivity index (χ4v) is 2.66. The van der Waals surface area contributed by atoms with Gasteiger partial charge in [-0.2, -0.15) is 0 Å². The minimum absolute atomic E-state index is 0.173. The predicted octanol–water partition coefficient (Wildman–Crippen LogP) is 2.30. The monoisotopic (exact) mass is 321 g/mol. The number of carbonyl (C=O) groups is 1. The molecule has 6 nitrogen and oxygen atoms in total. The number of amides is 1. The molecule has 124 valence electrons. The normalized spacial score (nSPS) is 16.7. The molecule has 1 saturated heterocycles. The highest BCUT2D eigenvalue weighted by Crippen LogP contribution is 2.21. The first-order chi connectivity index (χ1) is 10.9. The van der Waals surface area contributed by atoms with Gasteiger partial charge in [-0.15, -0.1) is 0 Å². The Bertz CT molecular complexity index is 625. The average molecular weight is 321 g/mol. The van der Waals surface area contributed by atoms with Crippen LogP contribution in [0, 0.1) is 15.9 Å². The number of piperidine rings is 1. The van der Waals surface area contributed by atoms with Crippen molar-refractivity contribution in [3.05, 3.63) is 45.8 Å². The van der Waals surface area contributed by atoms with Gasteiger partial charge in [0.25, 0.3) is 5.69 Å². The van der Waals surface area contributed by atoms with E-state index in [0.29, 0.717) is 0 Å². The Morgan fingerprint density at radius 2 is 2.09 bits per heavy atom. The lowest BCUT2D eigenvalue weighted by atomic mass is 10.0. The molecule has 0 radical (unpaired) electrons. The molecule has 1 heterocycles. The molecule has 1 aliphatic heterocycles. The zero-order valence-corrected chi connectivity index (χ0v) is 13.2. The molecule has 0 N–H and O–H groups in total. The van der Waals surface area contributed by atoms with E-state index < -0.39 is 10.7 Å². The second-order valence-corrected chi connectivity index (χ2v) is 5.78. The van der Waals surface area contributed by atoms with Crippen molar-refractivity contribution in [3.63, 3.8) is 0 Å². The summed E-state index contributed by atoms with van der Waals surface area (Å²) in [6.45, 7) is 1.88. The predicted molar refractivity (Wildman–Crippen MR) is 85.4 cm³/mol. The third kappa shape index (κ3) is 4.35. The molecule has 0 aliphatic carbocycles. The van der Waals surface area contributed by atoms with E-state index in [0.717, 1.165) is 38.1 Å². The van der Waals surface area contributed by atoms with Gasteiger partial charge in [-0.1, -0.05) is 0 Å². The number of hydrogen-bond acceptors (Lipinski definition) is 4. The van der Waals surface area contributed by atoms with Crippen molar-refractivity contribution in [2.24, 2.45) is 0 Å². The van der Waals surface area contributed by atoms with E-state index in [1.807, 2.05) is 7.05 Å². The van der Waals surface area contributed by atoms with Crippen LogP contribution in [0.1, 0.15) is 18.4 Å². The van der Waals surface area contributed by atoms with E-state index >= 15 is 0 Å². The van der Waals surface area contributed by atoms with Crippen LogP contribution >= 0.6 is 0 Å². The van der Waals surface area contributed by atoms with Gasteiger partial charge < -0.3 is 9.80 Å². The molecule has 2 rings (SSSR count). The van der Waals surface area contributed by atoms with Gasteiger partial charge in [0.2, 0.25) is 5.91 Å². The highest BCUT2D eigenvalue weighted by atomic mass is 19.1. The first-order valence-corrected chi connectivity index (χ1v) is 7.46. The van der Waals surface area contributed by atoms with Crippen molar-refractivity contribution in [1.82, 2.24) is 9.80 Å². The smallest absolute Gasteiger partial charge is 0.279 e. The van der Waals surface area contributed by atoms with E-state index in [4.69, 9.17) is 0 Å². The summed E-state index contributed by atoms with van der Waals surface area (Å²) < 4.78 is 13.1. The van der Waals surface area contributed by atoms with Gasteiger partial charge in [0, 0.05) is 19.2 Å². The van der Waals surface area contributed by atoms with Gasteiger partial charge in [-0.3, -0.25) is 14.9 Å². The molecule has 0 unspecified atom stereocenters. The van der Waals surface area contributed by atoms with E-state index in [2.05, 4.69) is 4.90 Å². The Labute approximate surface area is 134 Å². The van der Waals surface area contributed by atoms with Gasteiger partial charge >= 0.3 is 0 Å². The minimum Gasteiger partial charge on any atom is -0.339 e. The van der Waals surface area contributed by atoms with Crippen LogP contribution in [-0.4, -0.2) is 53.9 Å². The number of hydrogen-bond donors (Lipinski definition) is 0. The summed E-state index contributed by atoms with van der Waals surface area (Å²) in [5.74, 6) is -0.887. The van der Waals surface area contributed by atoms with Crippen LogP contribution < -0.4 is 0 Å². The standard InChI is InChI=1S/C16H20FN3O3/c1-18-9-7-14(8-10-18)19(2)16(21)6-4-12-3-5-13(17)11-15(12)20(22)23/h3-6,11,14H,7-10H2,1-2H3/b6-4-. The van der Waals surface area contributed by atoms with Crippen LogP contribution in [0.25, 0.3) is 6.08 Å². The summed E-state index contributed by atoms with van der Waals surface area (Å²) in [4.78, 5) is 26.4. The third-order valence-corrected chi connectivity index (χ3v) is 4.18. The van der Waals surface area contributed by atoms with Crippen LogP contribution in [0.15, 0.2) is 24.3 Å². The number of nitro benzene ring substituents is 1. The SMILES string of the molecule is CN1CCC(N(C)C(=O)/C=C\c2ccc(F)cc2[N+](=O)[O-])CC1. The quantitative estimate of drug-likeness (QED) is 0.485. The van der Waals surface area contributed by atoms with Crippen molar-refractivity contribution in [1.29, 1.82) is 0 Å². The minimum atomic E-state index is -0.677. The van der Waals surface area contributed by atoms with Gasteiger partial charge in [0.1, 0.15) is 5.82 Å². The molecule has 1 fully saturated rings. The Hall–Kier alpha value is -2.28. The number of halogens is 1. The molecule has 0 atom stereocenters. The number of likely N-dealkylation sites (N-methyl/N-ethyl adjacent to an activating group) is 1. The molecule has 1 aromatic carbocycles. The van der Waals surface area contributed by atoms with Crippen molar-refractivity contribution >= 4 is 17.7 Å². The van der Waals surface area contributed by atoms with Crippen LogP contribution in [0.4, 0.5) is 10.1 Å². The number of benzene rings is 1. The maximum absolute atomic E-state index is 13.1. The summed E-state index contributed by atoms with van der Waals surface area (Å²) in [7, 11) is 3.79. The average Bonchev–Trinajstić information content (AvgIpc) is 2.53. The maximum Gasteiger partial charge on any atom is 0.279 e. The third-order valence-electron chi connectivity index (χ3n) is 4.18. The zero-order chi connectivity index (χ0) is 17.0. The van der Waals surface area contributed by atoms with Crippen LogP contribution in [0.5, 0.6) is 0 Å². The molecule has 1 aliphatic rings. The van der Waals surface area contributed by atoms with Crippen LogP contribution in [0.2, 0.25) is 0 Å². The van der Waals surface area contributed by atoms with E-state index in [9.17, 15) is 19.3 Å². The molecule has 1 aromatic rings. The molecule has 7 heteroatoms.